The molecule has 0 N–H and O–H groups in total. The van der Waals surface area contributed by atoms with Gasteiger partial charge >= 0.3 is 0 Å². The maximum absolute atomic E-state index is 12.7. The van der Waals surface area contributed by atoms with Crippen molar-refractivity contribution in [1.82, 2.24) is 0 Å². The van der Waals surface area contributed by atoms with E-state index in [4.69, 9.17) is 9.47 Å². The first-order valence-corrected chi connectivity index (χ1v) is 9.15. The Morgan fingerprint density at radius 2 is 1.67 bits per heavy atom. The molecule has 0 aromatic heterocycles. The molecule has 4 nitrogen and oxygen atoms in total. The van der Waals surface area contributed by atoms with Crippen LogP contribution in [0.15, 0.2) is 35.2 Å². The lowest BCUT2D eigenvalue weighted by molar-refractivity contribution is -0.182. The second kappa shape index (κ2) is 5.71. The van der Waals surface area contributed by atoms with E-state index in [0.717, 1.165) is 25.7 Å². The summed E-state index contributed by atoms with van der Waals surface area (Å²) in [6.07, 6.45) is 3.28. The first-order chi connectivity index (χ1) is 10.0. The highest BCUT2D eigenvalue weighted by Gasteiger charge is 2.43. The summed E-state index contributed by atoms with van der Waals surface area (Å²) in [4.78, 5) is 0.422. The van der Waals surface area contributed by atoms with E-state index < -0.39 is 15.6 Å². The summed E-state index contributed by atoms with van der Waals surface area (Å²) < 4.78 is 36.8. The Hall–Kier alpha value is -0.910. The largest absolute Gasteiger partial charge is 0.348 e. The van der Waals surface area contributed by atoms with Crippen LogP contribution in [0.2, 0.25) is 0 Å². The number of benzene rings is 1. The number of ether oxygens (including phenoxy) is 2. The molecule has 1 aromatic carbocycles. The van der Waals surface area contributed by atoms with Crippen molar-refractivity contribution in [1.29, 1.82) is 0 Å². The average Bonchev–Trinajstić information content (AvgIpc) is 2.96. The highest BCUT2D eigenvalue weighted by Crippen LogP contribution is 2.41. The summed E-state index contributed by atoms with van der Waals surface area (Å²) in [5.41, 5.74) is 0. The molecule has 1 atom stereocenters. The van der Waals surface area contributed by atoms with Gasteiger partial charge in [0.2, 0.25) is 0 Å². The van der Waals surface area contributed by atoms with Crippen molar-refractivity contribution < 1.29 is 17.9 Å². The number of hydrogen-bond donors (Lipinski definition) is 0. The Morgan fingerprint density at radius 1 is 1.10 bits per heavy atom. The minimum absolute atomic E-state index is 0.175. The third-order valence-electron chi connectivity index (χ3n) is 4.83. The van der Waals surface area contributed by atoms with Crippen molar-refractivity contribution in [3.05, 3.63) is 30.3 Å². The van der Waals surface area contributed by atoms with Gasteiger partial charge in [-0.3, -0.25) is 0 Å². The van der Waals surface area contributed by atoms with Gasteiger partial charge in [-0.05, 0) is 37.8 Å². The predicted octanol–water partition coefficient (Wildman–Crippen LogP) is 2.78. The van der Waals surface area contributed by atoms with Crippen LogP contribution in [-0.4, -0.2) is 32.7 Å². The molecule has 1 unspecified atom stereocenters. The Kier molecular flexibility index (Phi) is 4.08. The minimum atomic E-state index is -3.26. The topological polar surface area (TPSA) is 52.6 Å². The van der Waals surface area contributed by atoms with Gasteiger partial charge in [-0.1, -0.05) is 18.2 Å². The molecule has 21 heavy (non-hydrogen) atoms. The molecule has 5 heteroatoms. The quantitative estimate of drug-likeness (QED) is 0.861. The van der Waals surface area contributed by atoms with E-state index >= 15 is 0 Å². The summed E-state index contributed by atoms with van der Waals surface area (Å²) in [7, 11) is -3.26. The van der Waals surface area contributed by atoms with Crippen LogP contribution in [0, 0.1) is 5.92 Å². The number of hydrogen-bond acceptors (Lipinski definition) is 4. The second-order valence-electron chi connectivity index (χ2n) is 6.01. The standard InChI is InChI=1S/C16H22O4S/c1-13(21(17,18)15-5-3-2-4-6-15)14-7-9-16(10-8-14)19-11-12-20-16/h2-6,13-14H,7-12H2,1H3. The van der Waals surface area contributed by atoms with E-state index in [2.05, 4.69) is 0 Å². The maximum Gasteiger partial charge on any atom is 0.181 e. The molecule has 2 fully saturated rings. The van der Waals surface area contributed by atoms with E-state index in [9.17, 15) is 8.42 Å². The molecule has 0 bridgehead atoms. The maximum atomic E-state index is 12.7. The molecule has 1 spiro atoms. The first-order valence-electron chi connectivity index (χ1n) is 7.60. The molecule has 116 valence electrons. The summed E-state index contributed by atoms with van der Waals surface area (Å²) in [6, 6.07) is 8.74. The summed E-state index contributed by atoms with van der Waals surface area (Å²) in [5.74, 6) is -0.249. The van der Waals surface area contributed by atoms with Crippen LogP contribution in [-0.2, 0) is 19.3 Å². The van der Waals surface area contributed by atoms with Crippen molar-refractivity contribution in [2.24, 2.45) is 5.92 Å². The van der Waals surface area contributed by atoms with Crippen molar-refractivity contribution in [2.45, 2.75) is 48.5 Å². The average molecular weight is 310 g/mol. The molecular formula is C16H22O4S. The fraction of sp³-hybridized carbons (Fsp3) is 0.625. The third kappa shape index (κ3) is 2.87. The molecule has 3 rings (SSSR count). The molecule has 1 saturated heterocycles. The SMILES string of the molecule is CC(C1CCC2(CC1)OCCO2)S(=O)(=O)c1ccccc1. The van der Waals surface area contributed by atoms with E-state index in [1.165, 1.54) is 0 Å². The van der Waals surface area contributed by atoms with Crippen LogP contribution >= 0.6 is 0 Å². The van der Waals surface area contributed by atoms with Gasteiger partial charge in [0.15, 0.2) is 15.6 Å². The first kappa shape index (κ1) is 15.0. The molecule has 1 aliphatic heterocycles. The minimum Gasteiger partial charge on any atom is -0.348 e. The normalized spacial score (nSPS) is 24.2. The fourth-order valence-corrected chi connectivity index (χ4v) is 5.16. The van der Waals surface area contributed by atoms with Gasteiger partial charge in [-0.25, -0.2) is 8.42 Å². The van der Waals surface area contributed by atoms with Crippen LogP contribution in [0.3, 0.4) is 0 Å². The summed E-state index contributed by atoms with van der Waals surface area (Å²) >= 11 is 0. The van der Waals surface area contributed by atoms with Crippen molar-refractivity contribution in [2.75, 3.05) is 13.2 Å². The zero-order valence-corrected chi connectivity index (χ0v) is 13.1. The second-order valence-corrected chi connectivity index (χ2v) is 8.31. The van der Waals surface area contributed by atoms with Gasteiger partial charge in [-0.15, -0.1) is 0 Å². The van der Waals surface area contributed by atoms with Crippen LogP contribution < -0.4 is 0 Å². The molecule has 1 aliphatic carbocycles. The van der Waals surface area contributed by atoms with Gasteiger partial charge in [0.25, 0.3) is 0 Å². The Bertz CT molecular complexity index is 566. The smallest absolute Gasteiger partial charge is 0.181 e. The number of rotatable bonds is 3. The molecule has 2 aliphatic rings. The van der Waals surface area contributed by atoms with Crippen LogP contribution in [0.1, 0.15) is 32.6 Å². The van der Waals surface area contributed by atoms with Gasteiger partial charge in [0.05, 0.1) is 23.4 Å². The molecule has 1 heterocycles. The Morgan fingerprint density at radius 3 is 2.24 bits per heavy atom. The van der Waals surface area contributed by atoms with Gasteiger partial charge in [0, 0.05) is 12.8 Å². The molecular weight excluding hydrogens is 288 g/mol. The highest BCUT2D eigenvalue weighted by atomic mass is 32.2. The Balaban J connectivity index is 1.70. The highest BCUT2D eigenvalue weighted by molar-refractivity contribution is 7.92. The summed E-state index contributed by atoms with van der Waals surface area (Å²) in [6.45, 7) is 3.15. The third-order valence-corrected chi connectivity index (χ3v) is 7.12. The van der Waals surface area contributed by atoms with E-state index in [1.807, 2.05) is 13.0 Å². The van der Waals surface area contributed by atoms with Crippen LogP contribution in [0.4, 0.5) is 0 Å². The van der Waals surface area contributed by atoms with Crippen LogP contribution in [0.5, 0.6) is 0 Å². The molecule has 0 radical (unpaired) electrons. The molecule has 1 aromatic rings. The van der Waals surface area contributed by atoms with Gasteiger partial charge in [-0.2, -0.15) is 0 Å². The van der Waals surface area contributed by atoms with Gasteiger partial charge in [0.1, 0.15) is 0 Å². The van der Waals surface area contributed by atoms with E-state index in [1.54, 1.807) is 24.3 Å². The van der Waals surface area contributed by atoms with Crippen molar-refractivity contribution in [3.8, 4) is 0 Å². The fourth-order valence-electron chi connectivity index (χ4n) is 3.41. The molecule has 1 saturated carbocycles. The predicted molar refractivity (Wildman–Crippen MR) is 79.7 cm³/mol. The van der Waals surface area contributed by atoms with E-state index in [0.29, 0.717) is 18.1 Å². The van der Waals surface area contributed by atoms with Crippen molar-refractivity contribution >= 4 is 9.84 Å². The summed E-state index contributed by atoms with van der Waals surface area (Å²) in [5, 5.41) is -0.362. The Labute approximate surface area is 126 Å². The van der Waals surface area contributed by atoms with Crippen LogP contribution in [0.25, 0.3) is 0 Å². The lowest BCUT2D eigenvalue weighted by Crippen LogP contribution is -2.39. The van der Waals surface area contributed by atoms with E-state index in [-0.39, 0.29) is 11.2 Å². The monoisotopic (exact) mass is 310 g/mol. The zero-order chi connectivity index (χ0) is 14.9. The lowest BCUT2D eigenvalue weighted by atomic mass is 9.83. The molecule has 0 amide bonds. The number of sulfone groups is 1. The lowest BCUT2D eigenvalue weighted by Gasteiger charge is -2.37. The van der Waals surface area contributed by atoms with Gasteiger partial charge < -0.3 is 9.47 Å². The van der Waals surface area contributed by atoms with Crippen molar-refractivity contribution in [3.63, 3.8) is 0 Å². The zero-order valence-electron chi connectivity index (χ0n) is 12.3.